The number of thiophene rings is 1. The van der Waals surface area contributed by atoms with E-state index >= 15 is 0 Å². The molecule has 10 heteroatoms. The Kier molecular flexibility index (Phi) is 4.40. The van der Waals surface area contributed by atoms with Crippen molar-refractivity contribution < 1.29 is 15.0 Å². The van der Waals surface area contributed by atoms with Crippen LogP contribution < -0.4 is 10.6 Å². The molecule has 32 heavy (non-hydrogen) atoms. The molecule has 2 saturated carbocycles. The van der Waals surface area contributed by atoms with Crippen molar-refractivity contribution in [1.82, 2.24) is 24.8 Å². The first kappa shape index (κ1) is 20.9. The number of nitrogens with zero attached hydrogens (tertiary/aromatic N) is 4. The lowest BCUT2D eigenvalue weighted by molar-refractivity contribution is -0.155. The first-order valence-electron chi connectivity index (χ1n) is 10.4. The van der Waals surface area contributed by atoms with Gasteiger partial charge in [0.2, 0.25) is 11.7 Å². The number of aromatic nitrogens is 4. The maximum atomic E-state index is 12.8. The third-order valence-electron chi connectivity index (χ3n) is 7.29. The second-order valence-electron chi connectivity index (χ2n) is 8.52. The van der Waals surface area contributed by atoms with Crippen LogP contribution in [0.3, 0.4) is 0 Å². The number of carbonyl (C=O) groups excluding carboxylic acids is 1. The SMILES string of the molecule is CNC(=O)C12[C@H](C)C[C@@](O)(n3cnc4c(NC)nc(C#Cc5cccs5)nc43)[C@]1(O)[C@H]2C. The van der Waals surface area contributed by atoms with Gasteiger partial charge in [0.1, 0.15) is 5.60 Å². The van der Waals surface area contributed by atoms with Crippen molar-refractivity contribution in [3.8, 4) is 11.8 Å². The van der Waals surface area contributed by atoms with Gasteiger partial charge in [0.05, 0.1) is 16.6 Å². The molecule has 0 radical (unpaired) electrons. The molecular formula is C22H24N6O3S. The topological polar surface area (TPSA) is 125 Å². The minimum absolute atomic E-state index is 0.182. The van der Waals surface area contributed by atoms with E-state index in [1.165, 1.54) is 22.2 Å². The summed E-state index contributed by atoms with van der Waals surface area (Å²) < 4.78 is 1.48. The molecule has 1 unspecified atom stereocenters. The predicted molar refractivity (Wildman–Crippen MR) is 120 cm³/mol. The molecule has 3 aromatic heterocycles. The number of anilines is 1. The van der Waals surface area contributed by atoms with Crippen LogP contribution in [0, 0.1) is 29.1 Å². The second kappa shape index (κ2) is 6.75. The van der Waals surface area contributed by atoms with Crippen molar-refractivity contribution in [2.24, 2.45) is 17.3 Å². The number of nitrogens with one attached hydrogen (secondary N) is 2. The molecular weight excluding hydrogens is 428 g/mol. The fourth-order valence-electron chi connectivity index (χ4n) is 5.84. The molecule has 1 amide bonds. The van der Waals surface area contributed by atoms with Gasteiger partial charge in [-0.2, -0.15) is 0 Å². The molecule has 5 rings (SSSR count). The van der Waals surface area contributed by atoms with Crippen LogP contribution in [0.4, 0.5) is 5.82 Å². The van der Waals surface area contributed by atoms with Crippen molar-refractivity contribution in [2.45, 2.75) is 31.6 Å². The summed E-state index contributed by atoms with van der Waals surface area (Å²) >= 11 is 1.52. The number of carbonyl (C=O) groups is 1. The second-order valence-corrected chi connectivity index (χ2v) is 9.47. The van der Waals surface area contributed by atoms with Gasteiger partial charge in [0.25, 0.3) is 0 Å². The summed E-state index contributed by atoms with van der Waals surface area (Å²) in [6, 6.07) is 3.82. The van der Waals surface area contributed by atoms with Crippen molar-refractivity contribution in [3.63, 3.8) is 0 Å². The third kappa shape index (κ3) is 2.30. The van der Waals surface area contributed by atoms with Crippen LogP contribution in [-0.4, -0.2) is 55.3 Å². The van der Waals surface area contributed by atoms with E-state index in [2.05, 4.69) is 37.4 Å². The van der Waals surface area contributed by atoms with Crippen molar-refractivity contribution in [3.05, 3.63) is 34.5 Å². The Bertz CT molecular complexity index is 1290. The standard InChI is InChI=1S/C22H24N6O3S/c1-12-10-20(30,22(31)13(2)21(12,22)19(29)24-4)28-11-25-16-17(23-3)26-15(27-18(16)28)8-7-14-6-5-9-32-14/h5-6,9,11-13,30-31H,10H2,1-4H3,(H,24,29)(H,23,26,27)/t12-,13+,20+,21?,22-/m1/s1. The average molecular weight is 453 g/mol. The highest BCUT2D eigenvalue weighted by molar-refractivity contribution is 7.10. The molecule has 9 nitrogen and oxygen atoms in total. The van der Waals surface area contributed by atoms with Gasteiger partial charge in [0.15, 0.2) is 22.7 Å². The minimum Gasteiger partial charge on any atom is -0.383 e. The zero-order valence-corrected chi connectivity index (χ0v) is 19.0. The van der Waals surface area contributed by atoms with E-state index in [0.717, 1.165) is 4.88 Å². The molecule has 3 aromatic rings. The molecule has 2 aliphatic carbocycles. The van der Waals surface area contributed by atoms with E-state index in [-0.39, 0.29) is 24.1 Å². The first-order valence-corrected chi connectivity index (χ1v) is 11.3. The Morgan fingerprint density at radius 2 is 2.06 bits per heavy atom. The number of amides is 1. The molecule has 166 valence electrons. The first-order chi connectivity index (χ1) is 15.3. The molecule has 2 aliphatic rings. The summed E-state index contributed by atoms with van der Waals surface area (Å²) in [5.41, 5.74) is -3.70. The highest BCUT2D eigenvalue weighted by atomic mass is 32.1. The smallest absolute Gasteiger partial charge is 0.229 e. The monoisotopic (exact) mass is 452 g/mol. The highest BCUT2D eigenvalue weighted by Gasteiger charge is 2.91. The Hall–Kier alpha value is -3.00. The maximum Gasteiger partial charge on any atom is 0.229 e. The fraction of sp³-hybridized carbons (Fsp3) is 0.455. The molecule has 5 atom stereocenters. The van der Waals surface area contributed by atoms with Gasteiger partial charge < -0.3 is 20.8 Å². The normalized spacial score (nSPS) is 32.8. The Balaban J connectivity index is 1.67. The van der Waals surface area contributed by atoms with E-state index in [0.29, 0.717) is 17.0 Å². The van der Waals surface area contributed by atoms with Crippen LogP contribution >= 0.6 is 11.3 Å². The minimum atomic E-state index is -1.76. The number of fused-ring (bicyclic) bond motifs is 2. The molecule has 4 N–H and O–H groups in total. The number of hydrogen-bond acceptors (Lipinski definition) is 8. The van der Waals surface area contributed by atoms with Crippen LogP contribution in [0.1, 0.15) is 31.0 Å². The molecule has 0 saturated heterocycles. The fourth-order valence-corrected chi connectivity index (χ4v) is 6.41. The van der Waals surface area contributed by atoms with E-state index in [4.69, 9.17) is 0 Å². The molecule has 0 bridgehead atoms. The van der Waals surface area contributed by atoms with Crippen molar-refractivity contribution in [2.75, 3.05) is 19.4 Å². The van der Waals surface area contributed by atoms with Crippen LogP contribution in [0.25, 0.3) is 11.2 Å². The van der Waals surface area contributed by atoms with Crippen LogP contribution in [0.2, 0.25) is 0 Å². The zero-order chi connectivity index (χ0) is 22.9. The number of imidazole rings is 1. The highest BCUT2D eigenvalue weighted by Crippen LogP contribution is 2.78. The lowest BCUT2D eigenvalue weighted by Crippen LogP contribution is -2.48. The lowest BCUT2D eigenvalue weighted by atomic mass is 9.87. The summed E-state index contributed by atoms with van der Waals surface area (Å²) in [5.74, 6) is 5.77. The number of rotatable bonds is 3. The lowest BCUT2D eigenvalue weighted by Gasteiger charge is -2.33. The molecule has 0 spiro atoms. The van der Waals surface area contributed by atoms with Gasteiger partial charge >= 0.3 is 0 Å². The third-order valence-corrected chi connectivity index (χ3v) is 8.07. The summed E-state index contributed by atoms with van der Waals surface area (Å²) in [7, 11) is 3.26. The Morgan fingerprint density at radius 1 is 1.28 bits per heavy atom. The van der Waals surface area contributed by atoms with Crippen molar-refractivity contribution in [1.29, 1.82) is 0 Å². The summed E-state index contributed by atoms with van der Waals surface area (Å²) in [5, 5.41) is 31.2. The van der Waals surface area contributed by atoms with E-state index in [1.807, 2.05) is 24.4 Å². The number of aliphatic hydroxyl groups is 2. The van der Waals surface area contributed by atoms with Gasteiger partial charge in [-0.15, -0.1) is 11.3 Å². The summed E-state index contributed by atoms with van der Waals surface area (Å²) in [4.78, 5) is 27.1. The zero-order valence-electron chi connectivity index (χ0n) is 18.2. The van der Waals surface area contributed by atoms with Crippen LogP contribution in [0.5, 0.6) is 0 Å². The largest absolute Gasteiger partial charge is 0.383 e. The Morgan fingerprint density at radius 3 is 2.69 bits per heavy atom. The van der Waals surface area contributed by atoms with E-state index < -0.39 is 22.7 Å². The summed E-state index contributed by atoms with van der Waals surface area (Å²) in [6.45, 7) is 3.67. The summed E-state index contributed by atoms with van der Waals surface area (Å²) in [6.07, 6.45) is 1.63. The average Bonchev–Trinajstić information content (AvgIpc) is 3.28. The van der Waals surface area contributed by atoms with Gasteiger partial charge in [-0.25, -0.2) is 15.0 Å². The van der Waals surface area contributed by atoms with Crippen LogP contribution in [-0.2, 0) is 10.5 Å². The van der Waals surface area contributed by atoms with Gasteiger partial charge in [0, 0.05) is 26.4 Å². The molecule has 3 heterocycles. The van der Waals surface area contributed by atoms with Gasteiger partial charge in [-0.3, -0.25) is 9.36 Å². The molecule has 0 aromatic carbocycles. The molecule has 0 aliphatic heterocycles. The maximum absolute atomic E-state index is 12.8. The van der Waals surface area contributed by atoms with Gasteiger partial charge in [-0.1, -0.05) is 19.9 Å². The Labute approximate surface area is 188 Å². The van der Waals surface area contributed by atoms with Crippen molar-refractivity contribution >= 4 is 34.2 Å². The van der Waals surface area contributed by atoms with E-state index in [9.17, 15) is 15.0 Å². The number of hydrogen-bond donors (Lipinski definition) is 4. The quantitative estimate of drug-likeness (QED) is 0.439. The van der Waals surface area contributed by atoms with Gasteiger partial charge in [-0.05, 0) is 29.2 Å². The molecule has 2 fully saturated rings. The van der Waals surface area contributed by atoms with E-state index in [1.54, 1.807) is 21.0 Å². The predicted octanol–water partition coefficient (Wildman–Crippen LogP) is 1.13. The van der Waals surface area contributed by atoms with Crippen LogP contribution in [0.15, 0.2) is 23.8 Å².